The lowest BCUT2D eigenvalue weighted by atomic mass is 10.1. The van der Waals surface area contributed by atoms with Crippen LogP contribution in [0, 0.1) is 0 Å². The summed E-state index contributed by atoms with van der Waals surface area (Å²) in [5.41, 5.74) is 3.75. The lowest BCUT2D eigenvalue weighted by Crippen LogP contribution is -1.93. The predicted molar refractivity (Wildman–Crippen MR) is 77.5 cm³/mol. The summed E-state index contributed by atoms with van der Waals surface area (Å²) in [5.74, 6) is 0. The van der Waals surface area contributed by atoms with Crippen LogP contribution in [-0.4, -0.2) is 4.57 Å². The standard InChI is InChI=1S/C11H15N.2C2H6/c1-5-9(3)11-10(6-2)7-8-12(11)4;2*1-2/h5-8H,2H2,1,3-4H3;2*1-2H3/b9-5-;;. The van der Waals surface area contributed by atoms with Crippen molar-refractivity contribution in [1.29, 1.82) is 0 Å². The van der Waals surface area contributed by atoms with Crippen molar-refractivity contribution in [3.8, 4) is 0 Å². The first kappa shape index (κ1) is 17.2. The topological polar surface area (TPSA) is 4.93 Å². The first-order valence-electron chi connectivity index (χ1n) is 6.11. The largest absolute Gasteiger partial charge is 0.350 e. The van der Waals surface area contributed by atoms with Crippen LogP contribution in [0.25, 0.3) is 11.6 Å². The molecule has 0 bridgehead atoms. The Kier molecular flexibility index (Phi) is 11.0. The molecule has 1 aromatic heterocycles. The highest BCUT2D eigenvalue weighted by molar-refractivity contribution is 5.70. The Balaban J connectivity index is 0. The van der Waals surface area contributed by atoms with Gasteiger partial charge in [0.05, 0.1) is 5.69 Å². The Morgan fingerprint density at radius 2 is 1.75 bits per heavy atom. The van der Waals surface area contributed by atoms with E-state index in [1.807, 2.05) is 33.8 Å². The van der Waals surface area contributed by atoms with Gasteiger partial charge in [0.2, 0.25) is 0 Å². The summed E-state index contributed by atoms with van der Waals surface area (Å²) in [4.78, 5) is 0. The second-order valence-corrected chi connectivity index (χ2v) is 2.91. The highest BCUT2D eigenvalue weighted by Gasteiger charge is 2.04. The average molecular weight is 221 g/mol. The Morgan fingerprint density at radius 3 is 2.12 bits per heavy atom. The van der Waals surface area contributed by atoms with Gasteiger partial charge < -0.3 is 4.57 Å². The highest BCUT2D eigenvalue weighted by atomic mass is 14.9. The molecule has 0 spiro atoms. The summed E-state index contributed by atoms with van der Waals surface area (Å²) < 4.78 is 2.12. The smallest absolute Gasteiger partial charge is 0.0503 e. The van der Waals surface area contributed by atoms with Crippen molar-refractivity contribution in [3.63, 3.8) is 0 Å². The molecule has 0 atom stereocenters. The molecule has 16 heavy (non-hydrogen) atoms. The Hall–Kier alpha value is -1.24. The van der Waals surface area contributed by atoms with Crippen LogP contribution in [0.5, 0.6) is 0 Å². The summed E-state index contributed by atoms with van der Waals surface area (Å²) in [5, 5.41) is 0. The Bertz CT molecular complexity index is 316. The molecule has 0 aromatic carbocycles. The number of aromatic nitrogens is 1. The van der Waals surface area contributed by atoms with E-state index in [-0.39, 0.29) is 0 Å². The normalized spacial score (nSPS) is 9.56. The van der Waals surface area contributed by atoms with Crippen LogP contribution in [0.2, 0.25) is 0 Å². The average Bonchev–Trinajstić information content (AvgIpc) is 2.74. The fourth-order valence-electron chi connectivity index (χ4n) is 1.36. The SMILES string of the molecule is C=Cc1ccn(C)c1/C(C)=C\C.CC.CC. The van der Waals surface area contributed by atoms with Crippen LogP contribution in [-0.2, 0) is 7.05 Å². The molecule has 0 saturated carbocycles. The molecule has 0 aliphatic rings. The maximum atomic E-state index is 3.78. The second-order valence-electron chi connectivity index (χ2n) is 2.91. The third-order valence-electron chi connectivity index (χ3n) is 2.13. The monoisotopic (exact) mass is 221 g/mol. The molecule has 1 aromatic rings. The molecule has 0 amide bonds. The molecule has 0 aliphatic carbocycles. The predicted octanol–water partition coefficient (Wildman–Crippen LogP) is 5.14. The number of nitrogens with zero attached hydrogens (tertiary/aromatic N) is 1. The van der Waals surface area contributed by atoms with Crippen molar-refractivity contribution in [3.05, 3.63) is 36.2 Å². The quantitative estimate of drug-likeness (QED) is 0.651. The van der Waals surface area contributed by atoms with Crippen LogP contribution in [0.4, 0.5) is 0 Å². The van der Waals surface area contributed by atoms with Crippen molar-refractivity contribution in [1.82, 2.24) is 4.57 Å². The molecule has 0 N–H and O–H groups in total. The van der Waals surface area contributed by atoms with E-state index >= 15 is 0 Å². The second kappa shape index (κ2) is 10.3. The van der Waals surface area contributed by atoms with Gasteiger partial charge >= 0.3 is 0 Å². The first-order valence-corrected chi connectivity index (χ1v) is 6.11. The van der Waals surface area contributed by atoms with Crippen molar-refractivity contribution in [2.75, 3.05) is 0 Å². The minimum atomic E-state index is 1.20. The van der Waals surface area contributed by atoms with Crippen LogP contribution in [0.3, 0.4) is 0 Å². The zero-order valence-electron chi connectivity index (χ0n) is 12.0. The van der Waals surface area contributed by atoms with E-state index < -0.39 is 0 Å². The first-order chi connectivity index (χ1) is 7.70. The molecule has 1 rings (SSSR count). The van der Waals surface area contributed by atoms with E-state index in [2.05, 4.69) is 50.4 Å². The molecule has 1 heterocycles. The van der Waals surface area contributed by atoms with Gasteiger partial charge in [-0.3, -0.25) is 0 Å². The summed E-state index contributed by atoms with van der Waals surface area (Å²) in [6.07, 6.45) is 6.06. The molecule has 0 saturated heterocycles. The van der Waals surface area contributed by atoms with Crippen molar-refractivity contribution in [2.24, 2.45) is 7.05 Å². The zero-order chi connectivity index (χ0) is 13.1. The van der Waals surface area contributed by atoms with Crippen LogP contribution in [0.1, 0.15) is 52.8 Å². The number of aryl methyl sites for hydroxylation is 1. The van der Waals surface area contributed by atoms with Crippen molar-refractivity contribution in [2.45, 2.75) is 41.5 Å². The third kappa shape index (κ3) is 4.52. The molecule has 0 aliphatic heterocycles. The molecule has 0 radical (unpaired) electrons. The van der Waals surface area contributed by atoms with Gasteiger partial charge in [-0.1, -0.05) is 46.4 Å². The Morgan fingerprint density at radius 1 is 1.25 bits per heavy atom. The van der Waals surface area contributed by atoms with Crippen LogP contribution >= 0.6 is 0 Å². The maximum absolute atomic E-state index is 3.78. The molecule has 0 unspecified atom stereocenters. The van der Waals surface area contributed by atoms with E-state index in [0.29, 0.717) is 0 Å². The van der Waals surface area contributed by atoms with Crippen molar-refractivity contribution >= 4 is 11.6 Å². The minimum Gasteiger partial charge on any atom is -0.350 e. The lowest BCUT2D eigenvalue weighted by molar-refractivity contribution is 0.906. The minimum absolute atomic E-state index is 1.20. The summed E-state index contributed by atoms with van der Waals surface area (Å²) in [7, 11) is 2.05. The van der Waals surface area contributed by atoms with Gasteiger partial charge in [-0.05, 0) is 31.1 Å². The van der Waals surface area contributed by atoms with Crippen LogP contribution < -0.4 is 0 Å². The molecular weight excluding hydrogens is 194 g/mol. The maximum Gasteiger partial charge on any atom is 0.0503 e. The third-order valence-corrected chi connectivity index (χ3v) is 2.13. The number of hydrogen-bond acceptors (Lipinski definition) is 0. The molecule has 1 heteroatoms. The summed E-state index contributed by atoms with van der Waals surface area (Å²) in [6, 6.07) is 2.08. The molecule has 92 valence electrons. The van der Waals surface area contributed by atoms with E-state index in [1.54, 1.807) is 0 Å². The molecule has 0 fully saturated rings. The number of hydrogen-bond donors (Lipinski definition) is 0. The van der Waals surface area contributed by atoms with E-state index in [9.17, 15) is 0 Å². The zero-order valence-corrected chi connectivity index (χ0v) is 12.0. The number of allylic oxidation sites excluding steroid dienone is 2. The Labute approximate surface area is 101 Å². The highest BCUT2D eigenvalue weighted by Crippen LogP contribution is 2.19. The van der Waals surface area contributed by atoms with Gasteiger partial charge in [0.25, 0.3) is 0 Å². The van der Waals surface area contributed by atoms with Crippen molar-refractivity contribution < 1.29 is 0 Å². The van der Waals surface area contributed by atoms with Gasteiger partial charge in [-0.15, -0.1) is 0 Å². The summed E-state index contributed by atoms with van der Waals surface area (Å²) >= 11 is 0. The van der Waals surface area contributed by atoms with E-state index in [1.165, 1.54) is 16.8 Å². The van der Waals surface area contributed by atoms with Gasteiger partial charge in [-0.25, -0.2) is 0 Å². The fraction of sp³-hybridized carbons (Fsp3) is 0.467. The van der Waals surface area contributed by atoms with Gasteiger partial charge in [0.1, 0.15) is 0 Å². The van der Waals surface area contributed by atoms with Crippen LogP contribution in [0.15, 0.2) is 24.9 Å². The fourth-order valence-corrected chi connectivity index (χ4v) is 1.36. The summed E-state index contributed by atoms with van der Waals surface area (Å²) in [6.45, 7) is 15.9. The van der Waals surface area contributed by atoms with Gasteiger partial charge in [-0.2, -0.15) is 0 Å². The van der Waals surface area contributed by atoms with E-state index in [4.69, 9.17) is 0 Å². The van der Waals surface area contributed by atoms with Gasteiger partial charge in [0, 0.05) is 13.2 Å². The molecular formula is C15H27N. The van der Waals surface area contributed by atoms with E-state index in [0.717, 1.165) is 0 Å². The van der Waals surface area contributed by atoms with Gasteiger partial charge in [0.15, 0.2) is 0 Å². The number of rotatable bonds is 2. The molecule has 1 nitrogen and oxygen atoms in total. The lowest BCUT2D eigenvalue weighted by Gasteiger charge is -2.04.